The normalized spacial score (nSPS) is 12.7. The highest BCUT2D eigenvalue weighted by Crippen LogP contribution is 2.20. The smallest absolute Gasteiger partial charge is 0.119 e. The Morgan fingerprint density at radius 2 is 1.29 bits per heavy atom. The largest absolute Gasteiger partial charge is 0.492 e. The minimum Gasteiger partial charge on any atom is -0.492 e. The maximum atomic E-state index is 6.24. The predicted octanol–water partition coefficient (Wildman–Crippen LogP) is 6.18. The highest BCUT2D eigenvalue weighted by molar-refractivity contribution is 14.1. The molecule has 1 unspecified atom stereocenters. The molecule has 0 aromatic heterocycles. The zero-order chi connectivity index (χ0) is 27.9. The zero-order valence-corrected chi connectivity index (χ0v) is 24.6. The van der Waals surface area contributed by atoms with Gasteiger partial charge in [-0.2, -0.15) is 4.99 Å². The lowest BCUT2D eigenvalue weighted by molar-refractivity contribution is 0.114. The number of alkyl halides is 1. The second kappa shape index (κ2) is 16.1. The van der Waals surface area contributed by atoms with Crippen molar-refractivity contribution in [2.75, 3.05) is 52.0 Å². The summed E-state index contributed by atoms with van der Waals surface area (Å²) in [6.45, 7) is 9.85. The van der Waals surface area contributed by atoms with E-state index in [1.165, 1.54) is 0 Å². The van der Waals surface area contributed by atoms with Crippen LogP contribution < -0.4 is 15.2 Å². The summed E-state index contributed by atoms with van der Waals surface area (Å²) in [5.41, 5.74) is 7.18. The Kier molecular flexibility index (Phi) is 13.5. The van der Waals surface area contributed by atoms with Crippen molar-refractivity contribution in [1.29, 1.82) is 0 Å². The van der Waals surface area contributed by atoms with Crippen molar-refractivity contribution in [2.24, 2.45) is 4.99 Å². The molecule has 0 aliphatic heterocycles. The summed E-state index contributed by atoms with van der Waals surface area (Å²) in [5, 5.41) is 2.34. The monoisotopic (exact) mass is 603 g/mol. The number of aliphatic imine (C=N–C) groups is 1. The molecule has 8 heteroatoms. The molecule has 2 aromatic carbocycles. The van der Waals surface area contributed by atoms with Crippen LogP contribution in [0.15, 0.2) is 53.5 Å². The third-order valence-electron chi connectivity index (χ3n) is 5.50. The van der Waals surface area contributed by atoms with Gasteiger partial charge in [-0.1, -0.05) is 22.6 Å². The van der Waals surface area contributed by atoms with E-state index >= 15 is 0 Å². The van der Waals surface area contributed by atoms with Crippen molar-refractivity contribution in [3.05, 3.63) is 48.5 Å². The van der Waals surface area contributed by atoms with Crippen LogP contribution in [0, 0.1) is 0 Å². The number of anilines is 1. The van der Waals surface area contributed by atoms with Crippen molar-refractivity contribution in [3.63, 3.8) is 0 Å². The number of benzene rings is 2. The van der Waals surface area contributed by atoms with E-state index in [9.17, 15) is 0 Å². The van der Waals surface area contributed by atoms with Crippen molar-refractivity contribution in [2.45, 2.75) is 38.8 Å². The van der Waals surface area contributed by atoms with E-state index in [0.717, 1.165) is 22.9 Å². The first-order chi connectivity index (χ1) is 16.6. The Labute approximate surface area is 228 Å². The second-order valence-corrected chi connectivity index (χ2v) is 9.44. The minimum atomic E-state index is -0.697. The molecule has 0 saturated carbocycles. The van der Waals surface area contributed by atoms with Gasteiger partial charge in [-0.15, -0.1) is 0 Å². The van der Waals surface area contributed by atoms with Crippen LogP contribution in [-0.4, -0.2) is 72.3 Å². The number of hydrogen-bond acceptors (Lipinski definition) is 7. The number of nitrogens with zero attached hydrogens (tertiary/aromatic N) is 3. The van der Waals surface area contributed by atoms with Gasteiger partial charge >= 0.3 is 0 Å². The van der Waals surface area contributed by atoms with E-state index in [-0.39, 0.29) is 11.1 Å². The fourth-order valence-electron chi connectivity index (χ4n) is 2.01. The zero-order valence-electron chi connectivity index (χ0n) is 23.6. The second-order valence-electron chi connectivity index (χ2n) is 9.26. The lowest BCUT2D eigenvalue weighted by atomic mass is 10.1. The summed E-state index contributed by atoms with van der Waals surface area (Å²) in [6, 6.07) is 15.0. The summed E-state index contributed by atoms with van der Waals surface area (Å²) >= 11 is 6.22. The Bertz CT molecular complexity index is 916. The molecule has 2 N–H and O–H groups in total. The summed E-state index contributed by atoms with van der Waals surface area (Å²) in [5.74, 6) is 1.70. The topological polar surface area (TPSA) is 63.3 Å². The molecule has 190 valence electrons. The van der Waals surface area contributed by atoms with Crippen LogP contribution in [0.5, 0.6) is 11.5 Å². The molecule has 6 nitrogen and oxygen atoms in total. The van der Waals surface area contributed by atoms with Crippen molar-refractivity contribution >= 4 is 51.3 Å². The number of thiocarbonyl (C=S) groups is 1. The number of nitrogen functional groups attached to an aromatic ring is 1. The van der Waals surface area contributed by atoms with E-state index in [1.54, 1.807) is 22.6 Å². The highest BCUT2D eigenvalue weighted by atomic mass is 127. The first-order valence-corrected chi connectivity index (χ1v) is 12.4. The van der Waals surface area contributed by atoms with Crippen LogP contribution in [0.4, 0.5) is 11.4 Å². The number of rotatable bonds is 9. The highest BCUT2D eigenvalue weighted by Gasteiger charge is 2.21. The van der Waals surface area contributed by atoms with Gasteiger partial charge < -0.3 is 25.0 Å². The van der Waals surface area contributed by atoms with Crippen LogP contribution in [-0.2, 0) is 0 Å². The van der Waals surface area contributed by atoms with E-state index in [0.29, 0.717) is 13.2 Å². The fourth-order valence-corrected chi connectivity index (χ4v) is 2.12. The van der Waals surface area contributed by atoms with Gasteiger partial charge in [0.15, 0.2) is 0 Å². The number of hydrogen-bond donors (Lipinski definition) is 1. The summed E-state index contributed by atoms with van der Waals surface area (Å²) in [4.78, 5) is 7.47. The molecule has 2 aromatic rings. The van der Waals surface area contributed by atoms with Crippen LogP contribution in [0.3, 0.4) is 0 Å². The molecule has 0 fully saturated rings. The molecule has 0 spiro atoms. The average molecular weight is 604 g/mol. The molecule has 0 radical (unpaired) electrons. The Balaban J connectivity index is 0.000000596. The van der Waals surface area contributed by atoms with Gasteiger partial charge in [0, 0.05) is 19.5 Å². The van der Waals surface area contributed by atoms with Crippen molar-refractivity contribution < 1.29 is 12.2 Å². The van der Waals surface area contributed by atoms with Gasteiger partial charge in [0.1, 0.15) is 24.7 Å². The Morgan fingerprint density at radius 3 is 1.62 bits per heavy atom. The number of halogens is 1. The van der Waals surface area contributed by atoms with Crippen LogP contribution >= 0.6 is 34.8 Å². The fraction of sp³-hybridized carbons (Fsp3) is 0.500. The third kappa shape index (κ3) is 12.7. The lowest BCUT2D eigenvalue weighted by Gasteiger charge is -2.32. The maximum absolute atomic E-state index is 6.24. The first-order valence-electron chi connectivity index (χ1n) is 11.9. The summed E-state index contributed by atoms with van der Waals surface area (Å²) in [7, 11) is 8.18. The van der Waals surface area contributed by atoms with Gasteiger partial charge in [-0.3, -0.25) is 0 Å². The van der Waals surface area contributed by atoms with Crippen molar-refractivity contribution in [3.8, 4) is 11.5 Å². The van der Waals surface area contributed by atoms with Gasteiger partial charge in [0.05, 0.1) is 10.8 Å². The van der Waals surface area contributed by atoms with E-state index in [2.05, 4.69) is 59.9 Å². The van der Waals surface area contributed by atoms with Crippen LogP contribution in [0.1, 0.15) is 30.4 Å². The number of likely N-dealkylation sites (N-methyl/N-ethyl adjacent to an activating group) is 2. The Morgan fingerprint density at radius 1 is 0.941 bits per heavy atom. The van der Waals surface area contributed by atoms with Crippen molar-refractivity contribution in [1.82, 2.24) is 9.80 Å². The molecule has 0 bridgehead atoms. The quantitative estimate of drug-likeness (QED) is 0.122. The third-order valence-corrected chi connectivity index (χ3v) is 5.59. The van der Waals surface area contributed by atoms with E-state index in [1.807, 2.05) is 76.7 Å². The Hall–Kier alpha value is -1.71. The standard InChI is InChI=1S/C13H18N2OS.C12H20N2O.CH3I/c1-13(2,15(3)4)9-16-12-7-5-11(6-8-12)14-10-17;1-12(2,14(3)4)9-15-11-7-5-10(13)6-8-11;1-2/h5-8H,9H2,1-4H3;5-8H,9,13H2,1-4H3;1H3/i;;1TD. The lowest BCUT2D eigenvalue weighted by Crippen LogP contribution is -2.43. The molecule has 2 rings (SSSR count). The molecule has 0 saturated heterocycles. The maximum Gasteiger partial charge on any atom is 0.119 e. The summed E-state index contributed by atoms with van der Waals surface area (Å²) < 4.78 is 23.9. The SMILES string of the molecule is CN(C)C(C)(C)COc1ccc(N)cc1.CN(C)C(C)(C)COc1ccc(N=C=S)cc1.[2H]C([3H])I. The molecule has 0 aliphatic rings. The molecule has 0 amide bonds. The predicted molar refractivity (Wildman–Crippen MR) is 158 cm³/mol. The summed E-state index contributed by atoms with van der Waals surface area (Å²) in [6.07, 6.45) is 0. The van der Waals surface area contributed by atoms with Gasteiger partial charge in [-0.25, -0.2) is 0 Å². The first kappa shape index (κ1) is 28.5. The molecule has 0 heterocycles. The molecule has 1 atom stereocenters. The molecule has 0 aliphatic carbocycles. The number of ether oxygens (including phenoxy) is 2. The van der Waals surface area contributed by atoms with Gasteiger partial charge in [0.2, 0.25) is 0 Å². The van der Waals surface area contributed by atoms with Crippen LogP contribution in [0.25, 0.3) is 0 Å². The van der Waals surface area contributed by atoms with E-state index < -0.39 is 4.88 Å². The van der Waals surface area contributed by atoms with Crippen LogP contribution in [0.2, 0.25) is 0 Å². The minimum absolute atomic E-state index is 0.00518. The average Bonchev–Trinajstić information content (AvgIpc) is 2.78. The number of isothiocyanates is 1. The number of nitrogens with two attached hydrogens (primary N) is 1. The van der Waals surface area contributed by atoms with Gasteiger partial charge in [0.25, 0.3) is 0 Å². The van der Waals surface area contributed by atoms with Gasteiger partial charge in [-0.05, 0) is 122 Å². The molecular formula is C26H41IN4O2S. The molecular weight excluding hydrogens is 559 g/mol. The molecule has 34 heavy (non-hydrogen) atoms. The van der Waals surface area contributed by atoms with E-state index in [4.69, 9.17) is 17.9 Å².